The Bertz CT molecular complexity index is 707. The van der Waals surface area contributed by atoms with Crippen LogP contribution >= 0.6 is 0 Å². The second-order valence-electron chi connectivity index (χ2n) is 5.31. The van der Waals surface area contributed by atoms with Gasteiger partial charge in [-0.15, -0.1) is 0 Å². The van der Waals surface area contributed by atoms with E-state index in [1.807, 2.05) is 12.1 Å². The van der Waals surface area contributed by atoms with Crippen molar-refractivity contribution in [2.75, 3.05) is 34.4 Å². The van der Waals surface area contributed by atoms with Gasteiger partial charge in [-0.1, -0.05) is 19.9 Å². The summed E-state index contributed by atoms with van der Waals surface area (Å²) >= 11 is 0. The summed E-state index contributed by atoms with van der Waals surface area (Å²) in [7, 11) is 0. The van der Waals surface area contributed by atoms with E-state index in [0.29, 0.717) is 16.9 Å². The molecular formula is C16H24N6. The number of nitrogen functional groups attached to an aromatic ring is 6. The molecule has 6 heteroatoms. The molecule has 22 heavy (non-hydrogen) atoms. The Hall–Kier alpha value is -2.76. The smallest absolute Gasteiger partial charge is 0.0824 e. The molecule has 0 bridgehead atoms. The van der Waals surface area contributed by atoms with Crippen LogP contribution in [0.15, 0.2) is 12.1 Å². The summed E-state index contributed by atoms with van der Waals surface area (Å²) in [6, 6.07) is 3.76. The monoisotopic (exact) mass is 300 g/mol. The predicted molar refractivity (Wildman–Crippen MR) is 97.1 cm³/mol. The normalized spacial score (nSPS) is 10.8. The maximum Gasteiger partial charge on any atom is 0.0824 e. The lowest BCUT2D eigenvalue weighted by molar-refractivity contribution is 1.04. The highest BCUT2D eigenvalue weighted by atomic mass is 14.8. The van der Waals surface area contributed by atoms with E-state index in [1.54, 1.807) is 0 Å². The first kappa shape index (κ1) is 15.6. The molecule has 0 spiro atoms. The van der Waals surface area contributed by atoms with Crippen LogP contribution in [0.25, 0.3) is 11.1 Å². The fourth-order valence-corrected chi connectivity index (χ4v) is 2.91. The average Bonchev–Trinajstić information content (AvgIpc) is 2.51. The zero-order valence-corrected chi connectivity index (χ0v) is 13.0. The molecule has 0 atom stereocenters. The Balaban J connectivity index is 2.89. The van der Waals surface area contributed by atoms with Gasteiger partial charge in [-0.3, -0.25) is 0 Å². The summed E-state index contributed by atoms with van der Waals surface area (Å²) in [5.74, 6) is 0. The van der Waals surface area contributed by atoms with Crippen molar-refractivity contribution < 1.29 is 0 Å². The molecule has 0 fully saturated rings. The standard InChI is InChI=1S/C16H24N6/c1-3-7-8(4-2)10(17)6-5-9(7)11-12(18)14(20)16(22)15(21)13(11)19/h5-6H,3-4,17-22H2,1-2H3. The van der Waals surface area contributed by atoms with Gasteiger partial charge in [-0.05, 0) is 35.6 Å². The topological polar surface area (TPSA) is 156 Å². The van der Waals surface area contributed by atoms with Gasteiger partial charge >= 0.3 is 0 Å². The van der Waals surface area contributed by atoms with Gasteiger partial charge in [-0.2, -0.15) is 0 Å². The molecule has 2 rings (SSSR count). The average molecular weight is 300 g/mol. The Morgan fingerprint density at radius 2 is 1.09 bits per heavy atom. The largest absolute Gasteiger partial charge is 0.398 e. The molecule has 0 heterocycles. The molecular weight excluding hydrogens is 276 g/mol. The highest BCUT2D eigenvalue weighted by Gasteiger charge is 2.20. The zero-order chi connectivity index (χ0) is 16.6. The summed E-state index contributed by atoms with van der Waals surface area (Å²) in [6.07, 6.45) is 1.62. The second-order valence-corrected chi connectivity index (χ2v) is 5.31. The summed E-state index contributed by atoms with van der Waals surface area (Å²) in [5, 5.41) is 0. The molecule has 0 aliphatic carbocycles. The van der Waals surface area contributed by atoms with Crippen LogP contribution in [0.5, 0.6) is 0 Å². The van der Waals surface area contributed by atoms with Crippen molar-refractivity contribution in [1.82, 2.24) is 0 Å². The van der Waals surface area contributed by atoms with Crippen LogP contribution in [0, 0.1) is 0 Å². The highest BCUT2D eigenvalue weighted by Crippen LogP contribution is 2.46. The minimum Gasteiger partial charge on any atom is -0.398 e. The number of hydrogen-bond acceptors (Lipinski definition) is 6. The maximum absolute atomic E-state index is 6.17. The molecule has 0 aliphatic rings. The Labute approximate surface area is 130 Å². The third kappa shape index (κ3) is 2.13. The molecule has 0 aromatic heterocycles. The third-order valence-electron chi connectivity index (χ3n) is 4.14. The Morgan fingerprint density at radius 1 is 0.636 bits per heavy atom. The van der Waals surface area contributed by atoms with Gasteiger partial charge in [0.05, 0.1) is 28.4 Å². The molecule has 0 saturated carbocycles. The highest BCUT2D eigenvalue weighted by molar-refractivity contribution is 6.06. The molecule has 2 aromatic carbocycles. The fraction of sp³-hybridized carbons (Fsp3) is 0.250. The predicted octanol–water partition coefficient (Wildman–Crippen LogP) is 1.97. The number of anilines is 6. The molecule has 0 radical (unpaired) electrons. The first-order chi connectivity index (χ1) is 10.3. The lowest BCUT2D eigenvalue weighted by Crippen LogP contribution is -2.10. The molecule has 0 aliphatic heterocycles. The van der Waals surface area contributed by atoms with Crippen LogP contribution in [-0.4, -0.2) is 0 Å². The minimum atomic E-state index is 0.225. The number of benzene rings is 2. The van der Waals surface area contributed by atoms with E-state index in [9.17, 15) is 0 Å². The first-order valence-corrected chi connectivity index (χ1v) is 7.26. The fourth-order valence-electron chi connectivity index (χ4n) is 2.91. The quantitative estimate of drug-likeness (QED) is 0.476. The van der Waals surface area contributed by atoms with Crippen molar-refractivity contribution >= 4 is 34.1 Å². The lowest BCUT2D eigenvalue weighted by atomic mass is 9.89. The number of hydrogen-bond donors (Lipinski definition) is 6. The van der Waals surface area contributed by atoms with E-state index < -0.39 is 0 Å². The van der Waals surface area contributed by atoms with Crippen molar-refractivity contribution in [3.63, 3.8) is 0 Å². The van der Waals surface area contributed by atoms with E-state index in [1.165, 1.54) is 0 Å². The molecule has 0 unspecified atom stereocenters. The van der Waals surface area contributed by atoms with Crippen LogP contribution in [0.4, 0.5) is 34.1 Å². The molecule has 2 aromatic rings. The van der Waals surface area contributed by atoms with E-state index in [4.69, 9.17) is 34.4 Å². The van der Waals surface area contributed by atoms with Crippen LogP contribution in [0.1, 0.15) is 25.0 Å². The molecule has 118 valence electrons. The summed E-state index contributed by atoms with van der Waals surface area (Å²) < 4.78 is 0. The van der Waals surface area contributed by atoms with Gasteiger partial charge < -0.3 is 34.4 Å². The molecule has 0 saturated heterocycles. The number of nitrogens with two attached hydrogens (primary N) is 6. The Morgan fingerprint density at radius 3 is 1.55 bits per heavy atom. The van der Waals surface area contributed by atoms with Gasteiger partial charge in [0, 0.05) is 11.3 Å². The number of rotatable bonds is 3. The zero-order valence-electron chi connectivity index (χ0n) is 13.0. The van der Waals surface area contributed by atoms with Gasteiger partial charge in [-0.25, -0.2) is 0 Å². The van der Waals surface area contributed by atoms with Crippen molar-refractivity contribution in [3.05, 3.63) is 23.3 Å². The third-order valence-corrected chi connectivity index (χ3v) is 4.14. The van der Waals surface area contributed by atoms with E-state index in [0.717, 1.165) is 35.2 Å². The van der Waals surface area contributed by atoms with E-state index in [-0.39, 0.29) is 17.1 Å². The van der Waals surface area contributed by atoms with E-state index in [2.05, 4.69) is 13.8 Å². The van der Waals surface area contributed by atoms with Gasteiger partial charge in [0.25, 0.3) is 0 Å². The van der Waals surface area contributed by atoms with Crippen molar-refractivity contribution in [2.24, 2.45) is 0 Å². The van der Waals surface area contributed by atoms with Crippen molar-refractivity contribution in [3.8, 4) is 11.1 Å². The van der Waals surface area contributed by atoms with Crippen molar-refractivity contribution in [2.45, 2.75) is 26.7 Å². The SMILES string of the molecule is CCc1c(N)ccc(-c2c(N)c(N)c(N)c(N)c2N)c1CC. The maximum atomic E-state index is 6.17. The van der Waals surface area contributed by atoms with Gasteiger partial charge in [0.1, 0.15) is 0 Å². The van der Waals surface area contributed by atoms with E-state index >= 15 is 0 Å². The van der Waals surface area contributed by atoms with Gasteiger partial charge in [0.15, 0.2) is 0 Å². The van der Waals surface area contributed by atoms with Crippen LogP contribution in [0.3, 0.4) is 0 Å². The second kappa shape index (κ2) is 5.55. The summed E-state index contributed by atoms with van der Waals surface area (Å²) in [5.41, 5.74) is 42.2. The summed E-state index contributed by atoms with van der Waals surface area (Å²) in [6.45, 7) is 4.13. The molecule has 6 nitrogen and oxygen atoms in total. The Kier molecular flexibility index (Phi) is 3.95. The lowest BCUT2D eigenvalue weighted by Gasteiger charge is -2.21. The minimum absolute atomic E-state index is 0.225. The van der Waals surface area contributed by atoms with Crippen molar-refractivity contribution in [1.29, 1.82) is 0 Å². The molecule has 0 amide bonds. The summed E-state index contributed by atoms with van der Waals surface area (Å²) in [4.78, 5) is 0. The van der Waals surface area contributed by atoms with Crippen LogP contribution in [-0.2, 0) is 12.8 Å². The van der Waals surface area contributed by atoms with Crippen LogP contribution in [0.2, 0.25) is 0 Å². The van der Waals surface area contributed by atoms with Crippen LogP contribution < -0.4 is 34.4 Å². The first-order valence-electron chi connectivity index (χ1n) is 7.26. The van der Waals surface area contributed by atoms with Gasteiger partial charge in [0.2, 0.25) is 0 Å². The molecule has 12 N–H and O–H groups in total.